The van der Waals surface area contributed by atoms with Gasteiger partial charge in [0.05, 0.1) is 18.2 Å². The fourth-order valence-corrected chi connectivity index (χ4v) is 4.40. The van der Waals surface area contributed by atoms with E-state index in [0.29, 0.717) is 17.4 Å². The Morgan fingerprint density at radius 1 is 1.15 bits per heavy atom. The molecular weight excluding hydrogens is 336 g/mol. The van der Waals surface area contributed by atoms with Crippen LogP contribution in [0.25, 0.3) is 10.9 Å². The lowest BCUT2D eigenvalue weighted by Gasteiger charge is -2.28. The van der Waals surface area contributed by atoms with Gasteiger partial charge in [-0.25, -0.2) is 0 Å². The summed E-state index contributed by atoms with van der Waals surface area (Å²) in [7, 11) is 1.63. The number of hydrogen-bond donors (Lipinski definition) is 2. The molecular formula is C22H28N4O. The number of aryl methyl sites for hydroxylation is 1. The molecule has 0 bridgehead atoms. The van der Waals surface area contributed by atoms with Crippen molar-refractivity contribution in [2.24, 2.45) is 0 Å². The lowest BCUT2D eigenvalue weighted by atomic mass is 9.92. The third-order valence-electron chi connectivity index (χ3n) is 5.89. The van der Waals surface area contributed by atoms with E-state index in [-0.39, 0.29) is 0 Å². The highest BCUT2D eigenvalue weighted by Gasteiger charge is 2.21. The second-order valence-corrected chi connectivity index (χ2v) is 7.68. The molecule has 142 valence electrons. The number of nitriles is 1. The van der Waals surface area contributed by atoms with Crippen LogP contribution in [0.5, 0.6) is 5.75 Å². The van der Waals surface area contributed by atoms with Gasteiger partial charge in [0.25, 0.3) is 0 Å². The van der Waals surface area contributed by atoms with Crippen LogP contribution < -0.4 is 15.4 Å². The second-order valence-electron chi connectivity index (χ2n) is 7.68. The van der Waals surface area contributed by atoms with Gasteiger partial charge in [0.15, 0.2) is 0 Å². The number of ether oxygens (including phenoxy) is 1. The Balaban J connectivity index is 1.88. The second kappa shape index (κ2) is 8.14. The van der Waals surface area contributed by atoms with Crippen LogP contribution in [0, 0.1) is 11.3 Å². The van der Waals surface area contributed by atoms with Crippen molar-refractivity contribution in [1.82, 2.24) is 10.3 Å². The maximum Gasteiger partial charge on any atom is 0.137 e. The van der Waals surface area contributed by atoms with E-state index in [1.54, 1.807) is 7.11 Å². The topological polar surface area (TPSA) is 70.0 Å². The van der Waals surface area contributed by atoms with E-state index in [4.69, 9.17) is 9.72 Å². The van der Waals surface area contributed by atoms with Crippen molar-refractivity contribution >= 4 is 16.6 Å². The minimum absolute atomic E-state index is 0.480. The van der Waals surface area contributed by atoms with Crippen molar-refractivity contribution in [3.05, 3.63) is 29.0 Å². The van der Waals surface area contributed by atoms with E-state index < -0.39 is 0 Å². The van der Waals surface area contributed by atoms with Gasteiger partial charge >= 0.3 is 0 Å². The van der Waals surface area contributed by atoms with Crippen molar-refractivity contribution in [3.8, 4) is 11.8 Å². The zero-order chi connectivity index (χ0) is 18.6. The predicted molar refractivity (Wildman–Crippen MR) is 108 cm³/mol. The third-order valence-corrected chi connectivity index (χ3v) is 5.89. The number of hydrogen-bond acceptors (Lipinski definition) is 5. The molecule has 27 heavy (non-hydrogen) atoms. The first-order valence-electron chi connectivity index (χ1n) is 10.2. The molecule has 1 aromatic heterocycles. The quantitative estimate of drug-likeness (QED) is 0.863. The maximum atomic E-state index is 9.48. The molecule has 5 heteroatoms. The zero-order valence-corrected chi connectivity index (χ0v) is 16.1. The molecule has 1 aliphatic heterocycles. The summed E-state index contributed by atoms with van der Waals surface area (Å²) in [5, 5.41) is 17.9. The first-order valence-corrected chi connectivity index (χ1v) is 10.2. The van der Waals surface area contributed by atoms with Crippen LogP contribution in [0.2, 0.25) is 0 Å². The zero-order valence-electron chi connectivity index (χ0n) is 16.1. The van der Waals surface area contributed by atoms with Gasteiger partial charge in [-0.05, 0) is 69.3 Å². The normalized spacial score (nSPS) is 18.2. The third kappa shape index (κ3) is 3.72. The minimum atomic E-state index is 0.480. The maximum absolute atomic E-state index is 9.48. The fourth-order valence-electron chi connectivity index (χ4n) is 4.40. The van der Waals surface area contributed by atoms with Crippen LogP contribution in [0.4, 0.5) is 5.69 Å². The molecule has 5 nitrogen and oxygen atoms in total. The molecule has 2 aliphatic rings. The van der Waals surface area contributed by atoms with E-state index in [2.05, 4.69) is 16.7 Å². The molecule has 0 radical (unpaired) electrons. The number of pyridine rings is 1. The van der Waals surface area contributed by atoms with E-state index in [1.165, 1.54) is 42.6 Å². The van der Waals surface area contributed by atoms with Crippen molar-refractivity contribution in [1.29, 1.82) is 5.26 Å². The summed E-state index contributed by atoms with van der Waals surface area (Å²) < 4.78 is 5.49. The number of nitrogens with one attached hydrogen (secondary N) is 2. The Morgan fingerprint density at radius 3 is 2.67 bits per heavy atom. The highest BCUT2D eigenvalue weighted by Crippen LogP contribution is 2.36. The number of nitrogens with zero attached hydrogens (tertiary/aromatic N) is 2. The van der Waals surface area contributed by atoms with Crippen LogP contribution in [0.1, 0.15) is 55.3 Å². The van der Waals surface area contributed by atoms with Crippen molar-refractivity contribution in [2.75, 3.05) is 25.5 Å². The summed E-state index contributed by atoms with van der Waals surface area (Å²) in [6, 6.07) is 6.62. The average molecular weight is 364 g/mol. The fraction of sp³-hybridized carbons (Fsp3) is 0.545. The van der Waals surface area contributed by atoms with Gasteiger partial charge in [-0.2, -0.15) is 5.26 Å². The SMILES string of the molecule is COc1cc2c(NC3CCNCC3)c3c(nc2cc1C#N)CCCCCC3. The number of methoxy groups -OCH3 is 1. The number of piperidine rings is 1. The first kappa shape index (κ1) is 18.1. The molecule has 2 aromatic rings. The molecule has 0 amide bonds. The summed E-state index contributed by atoms with van der Waals surface area (Å²) >= 11 is 0. The highest BCUT2D eigenvalue weighted by atomic mass is 16.5. The molecule has 0 unspecified atom stereocenters. The van der Waals surface area contributed by atoms with Crippen LogP contribution in [-0.2, 0) is 12.8 Å². The van der Waals surface area contributed by atoms with Gasteiger partial charge in [0.1, 0.15) is 11.8 Å². The highest BCUT2D eigenvalue weighted by molar-refractivity contribution is 5.95. The Labute approximate surface area is 161 Å². The molecule has 4 rings (SSSR count). The average Bonchev–Trinajstić information content (AvgIpc) is 2.69. The van der Waals surface area contributed by atoms with E-state index in [9.17, 15) is 5.26 Å². The monoisotopic (exact) mass is 364 g/mol. The summed E-state index contributed by atoms with van der Waals surface area (Å²) in [5.41, 5.74) is 5.28. The Hall–Kier alpha value is -2.32. The standard InChI is InChI=1S/C22H28N4O/c1-27-21-13-18-20(12-15(21)14-23)26-19-7-5-3-2-4-6-17(19)22(18)25-16-8-10-24-11-9-16/h12-13,16,24H,2-11H2,1H3,(H,25,26). The molecule has 2 N–H and O–H groups in total. The van der Waals surface area contributed by atoms with Crippen molar-refractivity contribution < 1.29 is 4.74 Å². The van der Waals surface area contributed by atoms with E-state index in [1.807, 2.05) is 12.1 Å². The number of benzene rings is 1. The predicted octanol–water partition coefficient (Wildman–Crippen LogP) is 3.94. The van der Waals surface area contributed by atoms with Gasteiger partial charge in [0.2, 0.25) is 0 Å². The summed E-state index contributed by atoms with van der Waals surface area (Å²) in [6.45, 7) is 2.12. The summed E-state index contributed by atoms with van der Waals surface area (Å²) in [5.74, 6) is 0.631. The first-order chi connectivity index (χ1) is 13.3. The number of fused-ring (bicyclic) bond motifs is 2. The molecule has 1 aliphatic carbocycles. The molecule has 1 fully saturated rings. The van der Waals surface area contributed by atoms with Crippen molar-refractivity contribution in [3.63, 3.8) is 0 Å². The largest absolute Gasteiger partial charge is 0.495 e. The molecule has 1 aromatic carbocycles. The van der Waals surface area contributed by atoms with E-state index in [0.717, 1.165) is 49.7 Å². The number of aromatic nitrogens is 1. The van der Waals surface area contributed by atoms with Crippen LogP contribution in [0.15, 0.2) is 12.1 Å². The summed E-state index contributed by atoms with van der Waals surface area (Å²) in [6.07, 6.45) is 9.35. The molecule has 1 saturated heterocycles. The van der Waals surface area contributed by atoms with Gasteiger partial charge in [-0.1, -0.05) is 12.8 Å². The Bertz CT molecular complexity index is 865. The lowest BCUT2D eigenvalue weighted by molar-refractivity contribution is 0.414. The summed E-state index contributed by atoms with van der Waals surface area (Å²) in [4.78, 5) is 5.00. The van der Waals surface area contributed by atoms with Gasteiger partial charge < -0.3 is 15.4 Å². The number of anilines is 1. The van der Waals surface area contributed by atoms with Gasteiger partial charge in [-0.3, -0.25) is 4.98 Å². The van der Waals surface area contributed by atoms with Gasteiger partial charge in [0, 0.05) is 22.8 Å². The Morgan fingerprint density at radius 2 is 1.93 bits per heavy atom. The molecule has 2 heterocycles. The number of rotatable bonds is 3. The van der Waals surface area contributed by atoms with Crippen LogP contribution in [-0.4, -0.2) is 31.2 Å². The van der Waals surface area contributed by atoms with Crippen LogP contribution in [0.3, 0.4) is 0 Å². The minimum Gasteiger partial charge on any atom is -0.495 e. The van der Waals surface area contributed by atoms with E-state index >= 15 is 0 Å². The smallest absolute Gasteiger partial charge is 0.137 e. The lowest BCUT2D eigenvalue weighted by Crippen LogP contribution is -2.35. The molecule has 0 spiro atoms. The Kier molecular flexibility index (Phi) is 5.45. The molecule has 0 saturated carbocycles. The van der Waals surface area contributed by atoms with Gasteiger partial charge in [-0.15, -0.1) is 0 Å². The van der Waals surface area contributed by atoms with Crippen molar-refractivity contribution in [2.45, 2.75) is 57.4 Å². The molecule has 0 atom stereocenters. The van der Waals surface area contributed by atoms with Crippen LogP contribution >= 0.6 is 0 Å².